The summed E-state index contributed by atoms with van der Waals surface area (Å²) in [6.07, 6.45) is 1.99. The molecule has 0 atom stereocenters. The largest absolute Gasteiger partial charge is 0.469 e. The van der Waals surface area contributed by atoms with Crippen LogP contribution in [0.3, 0.4) is 0 Å². The van der Waals surface area contributed by atoms with Crippen molar-refractivity contribution in [3.63, 3.8) is 0 Å². The SMILES string of the molecule is COCCC(C)(C)CNc1nc(CCC(=O)OC)cs1. The molecule has 0 spiro atoms. The summed E-state index contributed by atoms with van der Waals surface area (Å²) in [7, 11) is 3.12. The number of aryl methyl sites for hydroxylation is 1. The Kier molecular flexibility index (Phi) is 6.95. The standard InChI is InChI=1S/C14H24N2O3S/c1-14(2,7-8-18-3)10-15-13-16-11(9-20-13)5-6-12(17)19-4/h9H,5-8,10H2,1-4H3,(H,15,16). The van der Waals surface area contributed by atoms with Crippen LogP contribution in [0, 0.1) is 5.41 Å². The zero-order valence-electron chi connectivity index (χ0n) is 12.7. The zero-order chi connectivity index (χ0) is 15.0. The molecule has 0 aromatic carbocycles. The van der Waals surface area contributed by atoms with Gasteiger partial charge in [-0.25, -0.2) is 4.98 Å². The lowest BCUT2D eigenvalue weighted by Crippen LogP contribution is -2.24. The molecule has 1 N–H and O–H groups in total. The summed E-state index contributed by atoms with van der Waals surface area (Å²) < 4.78 is 9.73. The van der Waals surface area contributed by atoms with E-state index in [0.29, 0.717) is 12.8 Å². The number of thiazole rings is 1. The Morgan fingerprint density at radius 1 is 1.45 bits per heavy atom. The monoisotopic (exact) mass is 300 g/mol. The minimum absolute atomic E-state index is 0.161. The van der Waals surface area contributed by atoms with Gasteiger partial charge in [-0.2, -0.15) is 0 Å². The number of hydrogen-bond acceptors (Lipinski definition) is 6. The number of ether oxygens (including phenoxy) is 2. The molecule has 0 aliphatic carbocycles. The first-order valence-electron chi connectivity index (χ1n) is 6.71. The molecule has 0 unspecified atom stereocenters. The highest BCUT2D eigenvalue weighted by molar-refractivity contribution is 7.13. The van der Waals surface area contributed by atoms with Crippen LogP contribution in [0.25, 0.3) is 0 Å². The quantitative estimate of drug-likeness (QED) is 0.711. The van der Waals surface area contributed by atoms with Gasteiger partial charge in [-0.3, -0.25) is 4.79 Å². The summed E-state index contributed by atoms with van der Waals surface area (Å²) in [5.74, 6) is -0.201. The lowest BCUT2D eigenvalue weighted by molar-refractivity contribution is -0.140. The molecule has 114 valence electrons. The highest BCUT2D eigenvalue weighted by Gasteiger charge is 2.17. The molecule has 20 heavy (non-hydrogen) atoms. The molecule has 0 aliphatic heterocycles. The van der Waals surface area contributed by atoms with Gasteiger partial charge in [-0.15, -0.1) is 11.3 Å². The van der Waals surface area contributed by atoms with Crippen molar-refractivity contribution < 1.29 is 14.3 Å². The summed E-state index contributed by atoms with van der Waals surface area (Å²) >= 11 is 1.57. The van der Waals surface area contributed by atoms with Crippen molar-refractivity contribution in [2.45, 2.75) is 33.1 Å². The second-order valence-electron chi connectivity index (χ2n) is 5.48. The van der Waals surface area contributed by atoms with Crippen LogP contribution in [0.2, 0.25) is 0 Å². The van der Waals surface area contributed by atoms with Crippen LogP contribution in [0.4, 0.5) is 5.13 Å². The number of nitrogens with zero attached hydrogens (tertiary/aromatic N) is 1. The second-order valence-corrected chi connectivity index (χ2v) is 6.34. The Labute approximate surface area is 124 Å². The minimum Gasteiger partial charge on any atom is -0.469 e. The maximum Gasteiger partial charge on any atom is 0.305 e. The van der Waals surface area contributed by atoms with E-state index in [4.69, 9.17) is 4.74 Å². The Bertz CT molecular complexity index is 418. The molecule has 0 saturated heterocycles. The highest BCUT2D eigenvalue weighted by atomic mass is 32.1. The first-order chi connectivity index (χ1) is 9.46. The third-order valence-corrected chi connectivity index (χ3v) is 3.91. The first-order valence-corrected chi connectivity index (χ1v) is 7.59. The number of methoxy groups -OCH3 is 2. The van der Waals surface area contributed by atoms with E-state index in [1.807, 2.05) is 5.38 Å². The molecule has 1 aromatic heterocycles. The van der Waals surface area contributed by atoms with Gasteiger partial charge in [-0.05, 0) is 11.8 Å². The van der Waals surface area contributed by atoms with E-state index in [1.165, 1.54) is 7.11 Å². The van der Waals surface area contributed by atoms with Crippen molar-refractivity contribution in [2.75, 3.05) is 32.7 Å². The van der Waals surface area contributed by atoms with Crippen molar-refractivity contribution in [3.05, 3.63) is 11.1 Å². The number of aromatic nitrogens is 1. The van der Waals surface area contributed by atoms with Gasteiger partial charge in [0.1, 0.15) is 0 Å². The van der Waals surface area contributed by atoms with E-state index in [-0.39, 0.29) is 11.4 Å². The molecular formula is C14H24N2O3S. The van der Waals surface area contributed by atoms with Crippen LogP contribution in [0.15, 0.2) is 5.38 Å². The number of nitrogens with one attached hydrogen (secondary N) is 1. The molecule has 1 rings (SSSR count). The van der Waals surface area contributed by atoms with Crippen molar-refractivity contribution in [1.29, 1.82) is 0 Å². The highest BCUT2D eigenvalue weighted by Crippen LogP contribution is 2.23. The lowest BCUT2D eigenvalue weighted by Gasteiger charge is -2.24. The fourth-order valence-corrected chi connectivity index (χ4v) is 2.36. The van der Waals surface area contributed by atoms with Crippen molar-refractivity contribution in [2.24, 2.45) is 5.41 Å². The number of esters is 1. The Hall–Kier alpha value is -1.14. The van der Waals surface area contributed by atoms with E-state index in [9.17, 15) is 4.79 Å². The third-order valence-electron chi connectivity index (χ3n) is 3.07. The number of rotatable bonds is 9. The van der Waals surface area contributed by atoms with Gasteiger partial charge >= 0.3 is 5.97 Å². The van der Waals surface area contributed by atoms with E-state index < -0.39 is 0 Å². The van der Waals surface area contributed by atoms with E-state index >= 15 is 0 Å². The Morgan fingerprint density at radius 3 is 2.85 bits per heavy atom. The molecule has 0 aliphatic rings. The van der Waals surface area contributed by atoms with Gasteiger partial charge in [0.2, 0.25) is 0 Å². The van der Waals surface area contributed by atoms with Crippen LogP contribution >= 0.6 is 11.3 Å². The van der Waals surface area contributed by atoms with E-state index in [0.717, 1.165) is 30.4 Å². The van der Waals surface area contributed by atoms with Gasteiger partial charge < -0.3 is 14.8 Å². The zero-order valence-corrected chi connectivity index (χ0v) is 13.5. The normalized spacial score (nSPS) is 11.4. The molecule has 6 heteroatoms. The van der Waals surface area contributed by atoms with Crippen LogP contribution in [-0.4, -0.2) is 38.3 Å². The van der Waals surface area contributed by atoms with Gasteiger partial charge in [0.25, 0.3) is 0 Å². The van der Waals surface area contributed by atoms with Crippen LogP contribution < -0.4 is 5.32 Å². The number of anilines is 1. The molecule has 0 radical (unpaired) electrons. The molecule has 0 bridgehead atoms. The fraction of sp³-hybridized carbons (Fsp3) is 0.714. The molecule has 0 saturated carbocycles. The maximum atomic E-state index is 11.1. The summed E-state index contributed by atoms with van der Waals surface area (Å²) in [5, 5.41) is 6.23. The topological polar surface area (TPSA) is 60.5 Å². The van der Waals surface area contributed by atoms with Crippen molar-refractivity contribution in [3.8, 4) is 0 Å². The molecule has 0 fully saturated rings. The van der Waals surface area contributed by atoms with Crippen molar-refractivity contribution >= 4 is 22.4 Å². The number of carbonyl (C=O) groups excluding carboxylic acids is 1. The molecule has 0 amide bonds. The average molecular weight is 300 g/mol. The van der Waals surface area contributed by atoms with E-state index in [2.05, 4.69) is 28.9 Å². The van der Waals surface area contributed by atoms with Gasteiger partial charge in [0.15, 0.2) is 5.13 Å². The van der Waals surface area contributed by atoms with Crippen molar-refractivity contribution in [1.82, 2.24) is 4.98 Å². The maximum absolute atomic E-state index is 11.1. The molecular weight excluding hydrogens is 276 g/mol. The molecule has 5 nitrogen and oxygen atoms in total. The van der Waals surface area contributed by atoms with Gasteiger partial charge in [-0.1, -0.05) is 13.8 Å². The number of carbonyl (C=O) groups is 1. The van der Waals surface area contributed by atoms with Crippen LogP contribution in [-0.2, 0) is 20.7 Å². The Balaban J connectivity index is 2.38. The predicted octanol–water partition coefficient (Wildman–Crippen LogP) is 2.72. The summed E-state index contributed by atoms with van der Waals surface area (Å²) in [6.45, 7) is 6.01. The van der Waals surface area contributed by atoms with Crippen LogP contribution in [0.1, 0.15) is 32.4 Å². The minimum atomic E-state index is -0.201. The predicted molar refractivity (Wildman–Crippen MR) is 81.2 cm³/mol. The summed E-state index contributed by atoms with van der Waals surface area (Å²) in [5.41, 5.74) is 1.09. The average Bonchev–Trinajstić information content (AvgIpc) is 2.88. The number of hydrogen-bond donors (Lipinski definition) is 1. The summed E-state index contributed by atoms with van der Waals surface area (Å²) in [4.78, 5) is 15.5. The molecule has 1 heterocycles. The third kappa shape index (κ3) is 6.34. The fourth-order valence-electron chi connectivity index (χ4n) is 1.62. The first kappa shape index (κ1) is 16.9. The van der Waals surface area contributed by atoms with Gasteiger partial charge in [0.05, 0.1) is 19.2 Å². The molecule has 1 aromatic rings. The summed E-state index contributed by atoms with van der Waals surface area (Å²) in [6, 6.07) is 0. The van der Waals surface area contributed by atoms with Gasteiger partial charge in [0, 0.05) is 32.1 Å². The Morgan fingerprint density at radius 2 is 2.20 bits per heavy atom. The van der Waals surface area contributed by atoms with E-state index in [1.54, 1.807) is 18.4 Å². The lowest BCUT2D eigenvalue weighted by atomic mass is 9.90. The van der Waals surface area contributed by atoms with Crippen LogP contribution in [0.5, 0.6) is 0 Å². The second kappa shape index (κ2) is 8.21. The smallest absolute Gasteiger partial charge is 0.305 e.